The highest BCUT2D eigenvalue weighted by atomic mass is 32.2. The number of nitrogens with zero attached hydrogens (tertiary/aromatic N) is 1. The van der Waals surface area contributed by atoms with E-state index in [0.29, 0.717) is 18.6 Å². The third-order valence-corrected chi connectivity index (χ3v) is 10.9. The number of hydrogen-bond acceptors (Lipinski definition) is 6. The number of rotatable bonds is 9. The minimum Gasteiger partial charge on any atom is -0.461 e. The highest BCUT2D eigenvalue weighted by Crippen LogP contribution is 2.67. The van der Waals surface area contributed by atoms with Crippen LogP contribution in [-0.2, 0) is 19.1 Å². The van der Waals surface area contributed by atoms with Gasteiger partial charge in [0.05, 0.1) is 5.75 Å². The van der Waals surface area contributed by atoms with Crippen molar-refractivity contribution in [1.82, 2.24) is 4.90 Å². The van der Waals surface area contributed by atoms with Crippen LogP contribution < -0.4 is 0 Å². The second-order valence-corrected chi connectivity index (χ2v) is 12.5. The lowest BCUT2D eigenvalue weighted by Gasteiger charge is -2.60. The minimum absolute atomic E-state index is 0.147. The molecule has 192 valence electrons. The molecule has 7 atom stereocenters. The molecule has 0 amide bonds. The van der Waals surface area contributed by atoms with E-state index in [9.17, 15) is 14.4 Å². The zero-order chi connectivity index (χ0) is 25.3. The highest BCUT2D eigenvalue weighted by Gasteiger charge is 2.68. The van der Waals surface area contributed by atoms with E-state index in [0.717, 1.165) is 44.6 Å². The van der Waals surface area contributed by atoms with E-state index in [-0.39, 0.29) is 40.7 Å². The summed E-state index contributed by atoms with van der Waals surface area (Å²) < 4.78 is 6.25. The predicted molar refractivity (Wildman–Crippen MR) is 139 cm³/mol. The summed E-state index contributed by atoms with van der Waals surface area (Å²) in [5.74, 6) is 1.13. The monoisotopic (exact) mass is 491 g/mol. The third kappa shape index (κ3) is 4.54. The van der Waals surface area contributed by atoms with Crippen LogP contribution in [-0.4, -0.2) is 59.7 Å². The van der Waals surface area contributed by atoms with Gasteiger partial charge in [-0.15, -0.1) is 18.3 Å². The summed E-state index contributed by atoms with van der Waals surface area (Å²) in [5.41, 5.74) is -1.59. The number of thioether (sulfide) groups is 1. The summed E-state index contributed by atoms with van der Waals surface area (Å²) >= 11 is 1.60. The Balaban J connectivity index is 1.89. The number of carbonyl (C=O) groups is 3. The maximum absolute atomic E-state index is 13.8. The van der Waals surface area contributed by atoms with Crippen molar-refractivity contribution in [2.24, 2.45) is 34.0 Å². The van der Waals surface area contributed by atoms with Crippen molar-refractivity contribution in [2.75, 3.05) is 31.1 Å². The molecule has 7 unspecified atom stereocenters. The second-order valence-electron chi connectivity index (χ2n) is 11.4. The molecule has 0 spiro atoms. The Bertz CT molecular complexity index is 810. The van der Waals surface area contributed by atoms with E-state index < -0.39 is 16.9 Å². The summed E-state index contributed by atoms with van der Waals surface area (Å²) in [6, 6.07) is 0. The van der Waals surface area contributed by atoms with Gasteiger partial charge in [0.1, 0.15) is 17.7 Å². The Morgan fingerprint density at radius 2 is 1.88 bits per heavy atom. The molecule has 0 aromatic rings. The molecular weight excluding hydrogens is 446 g/mol. The van der Waals surface area contributed by atoms with Crippen molar-refractivity contribution in [3.05, 3.63) is 12.7 Å². The number of allylic oxidation sites excluding steroid dienone is 1. The normalized spacial score (nSPS) is 40.0. The average molecular weight is 492 g/mol. The molecule has 0 N–H and O–H groups in total. The van der Waals surface area contributed by atoms with Crippen LogP contribution in [0.2, 0.25) is 0 Å². The Kier molecular flexibility index (Phi) is 8.44. The number of carbonyl (C=O) groups excluding carboxylic acids is 3. The molecule has 34 heavy (non-hydrogen) atoms. The van der Waals surface area contributed by atoms with E-state index in [1.54, 1.807) is 17.8 Å². The number of esters is 1. The lowest BCUT2D eigenvalue weighted by atomic mass is 9.44. The number of hydrogen-bond donors (Lipinski definition) is 0. The third-order valence-electron chi connectivity index (χ3n) is 9.97. The Labute approximate surface area is 210 Å². The van der Waals surface area contributed by atoms with Crippen molar-refractivity contribution in [3.63, 3.8) is 0 Å². The van der Waals surface area contributed by atoms with E-state index in [2.05, 4.69) is 39.2 Å². The van der Waals surface area contributed by atoms with Crippen molar-refractivity contribution in [3.8, 4) is 0 Å². The molecule has 0 heterocycles. The first-order valence-corrected chi connectivity index (χ1v) is 14.4. The van der Waals surface area contributed by atoms with Crippen molar-refractivity contribution in [1.29, 1.82) is 0 Å². The first kappa shape index (κ1) is 27.4. The van der Waals surface area contributed by atoms with Crippen molar-refractivity contribution in [2.45, 2.75) is 79.8 Å². The predicted octanol–water partition coefficient (Wildman–Crippen LogP) is 5.18. The first-order chi connectivity index (χ1) is 16.0. The van der Waals surface area contributed by atoms with Gasteiger partial charge in [-0.1, -0.05) is 40.7 Å². The molecule has 3 aliphatic rings. The van der Waals surface area contributed by atoms with Gasteiger partial charge in [-0.05, 0) is 50.6 Å². The molecule has 3 saturated carbocycles. The summed E-state index contributed by atoms with van der Waals surface area (Å²) in [6.07, 6.45) is 4.80. The number of ketones is 2. The summed E-state index contributed by atoms with van der Waals surface area (Å²) in [7, 11) is 0. The van der Waals surface area contributed by atoms with Gasteiger partial charge in [0.25, 0.3) is 0 Å². The zero-order valence-corrected chi connectivity index (χ0v) is 23.0. The minimum atomic E-state index is -0.776. The lowest BCUT2D eigenvalue weighted by molar-refractivity contribution is -0.191. The van der Waals surface area contributed by atoms with Crippen LogP contribution in [0.5, 0.6) is 0 Å². The topological polar surface area (TPSA) is 63.7 Å². The summed E-state index contributed by atoms with van der Waals surface area (Å²) in [4.78, 5) is 42.6. The molecule has 0 saturated heterocycles. The van der Waals surface area contributed by atoms with Crippen LogP contribution in [0.1, 0.15) is 73.6 Å². The maximum atomic E-state index is 13.8. The number of Topliss-reactive ketones (excluding diaryl/α,β-unsaturated/α-hetero) is 2. The van der Waals surface area contributed by atoms with E-state index in [4.69, 9.17) is 4.74 Å². The molecule has 5 nitrogen and oxygen atoms in total. The highest BCUT2D eigenvalue weighted by molar-refractivity contribution is 7.99. The van der Waals surface area contributed by atoms with Gasteiger partial charge in [0.2, 0.25) is 0 Å². The van der Waals surface area contributed by atoms with Crippen molar-refractivity contribution >= 4 is 29.3 Å². The molecule has 0 radical (unpaired) electrons. The molecule has 6 heteroatoms. The zero-order valence-electron chi connectivity index (χ0n) is 22.2. The van der Waals surface area contributed by atoms with Gasteiger partial charge >= 0.3 is 5.97 Å². The Hall–Kier alpha value is -1.14. The molecular formula is C28H45NO4S. The molecule has 3 aliphatic carbocycles. The first-order valence-electron chi connectivity index (χ1n) is 13.2. The lowest BCUT2D eigenvalue weighted by Crippen LogP contribution is -2.62. The molecule has 0 aliphatic heterocycles. The SMILES string of the molecule is C=CC1(C)CC(OC(=O)CSCCN(CC)CC)C2(C)C(C)CCC3(CCC(=O)C32)C(C)C1=O. The average Bonchev–Trinajstić information content (AvgIpc) is 3.17. The van der Waals surface area contributed by atoms with Crippen LogP contribution in [0.25, 0.3) is 0 Å². The molecule has 3 fully saturated rings. The van der Waals surface area contributed by atoms with Crippen LogP contribution in [0.15, 0.2) is 12.7 Å². The van der Waals surface area contributed by atoms with Crippen LogP contribution in [0, 0.1) is 34.0 Å². The molecule has 3 rings (SSSR count). The molecule has 2 bridgehead atoms. The maximum Gasteiger partial charge on any atom is 0.316 e. The van der Waals surface area contributed by atoms with E-state index in [1.807, 2.05) is 13.8 Å². The van der Waals surface area contributed by atoms with Crippen LogP contribution in [0.4, 0.5) is 0 Å². The summed E-state index contributed by atoms with van der Waals surface area (Å²) in [5, 5.41) is 0. The largest absolute Gasteiger partial charge is 0.461 e. The van der Waals surface area contributed by atoms with E-state index in [1.165, 1.54) is 0 Å². The Morgan fingerprint density at radius 3 is 2.50 bits per heavy atom. The summed E-state index contributed by atoms with van der Waals surface area (Å²) in [6.45, 7) is 19.6. The quantitative estimate of drug-likeness (QED) is 0.252. The van der Waals surface area contributed by atoms with Crippen LogP contribution >= 0.6 is 11.8 Å². The van der Waals surface area contributed by atoms with Crippen LogP contribution in [0.3, 0.4) is 0 Å². The standard InChI is InChI=1S/C28H45NO4S/c1-8-26(6)17-22(33-23(31)18-34-16-15-29(9-2)10-3)27(7)19(4)11-13-28(20(5)25(26)32)14-12-21(30)24(27)28/h8,19-20,22,24H,1,9-18H2,2-7H3. The van der Waals surface area contributed by atoms with Gasteiger partial charge in [-0.3, -0.25) is 14.4 Å². The van der Waals surface area contributed by atoms with Gasteiger partial charge in [-0.25, -0.2) is 0 Å². The fraction of sp³-hybridized carbons (Fsp3) is 0.821. The fourth-order valence-electron chi connectivity index (χ4n) is 7.36. The fourth-order valence-corrected chi connectivity index (χ4v) is 8.13. The van der Waals surface area contributed by atoms with Gasteiger partial charge in [0.15, 0.2) is 0 Å². The van der Waals surface area contributed by atoms with Crippen molar-refractivity contribution < 1.29 is 19.1 Å². The van der Waals surface area contributed by atoms with E-state index >= 15 is 0 Å². The molecule has 0 aromatic heterocycles. The Morgan fingerprint density at radius 1 is 1.21 bits per heavy atom. The van der Waals surface area contributed by atoms with Gasteiger partial charge < -0.3 is 9.64 Å². The van der Waals surface area contributed by atoms with Gasteiger partial charge in [-0.2, -0.15) is 0 Å². The smallest absolute Gasteiger partial charge is 0.316 e. The number of ether oxygens (including phenoxy) is 1. The second kappa shape index (κ2) is 10.5. The molecule has 0 aromatic carbocycles. The van der Waals surface area contributed by atoms with Gasteiger partial charge in [0, 0.05) is 47.8 Å².